The molecule has 0 radical (unpaired) electrons. The van der Waals surface area contributed by atoms with Gasteiger partial charge in [0.2, 0.25) is 10.0 Å². The molecule has 0 spiro atoms. The monoisotopic (exact) mass is 324 g/mol. The van der Waals surface area contributed by atoms with E-state index in [0.29, 0.717) is 22.9 Å². The second kappa shape index (κ2) is 6.37. The molecule has 0 aliphatic carbocycles. The Bertz CT molecular complexity index is 745. The van der Waals surface area contributed by atoms with Crippen molar-refractivity contribution in [1.29, 1.82) is 0 Å². The molecule has 2 N–H and O–H groups in total. The second-order valence-corrected chi connectivity index (χ2v) is 7.00. The van der Waals surface area contributed by atoms with E-state index in [0.717, 1.165) is 11.8 Å². The summed E-state index contributed by atoms with van der Waals surface area (Å²) in [4.78, 5) is 0. The van der Waals surface area contributed by atoms with Crippen LogP contribution in [-0.4, -0.2) is 14.7 Å². The Morgan fingerprint density at radius 2 is 1.86 bits per heavy atom. The number of hydrogen-bond donors (Lipinski definition) is 2. The van der Waals surface area contributed by atoms with E-state index in [4.69, 9.17) is 11.6 Å². The molecule has 0 unspecified atom stereocenters. The first-order valence-electron chi connectivity index (χ1n) is 6.41. The van der Waals surface area contributed by atoms with E-state index in [1.807, 2.05) is 31.2 Å². The highest BCUT2D eigenvalue weighted by atomic mass is 35.5. The summed E-state index contributed by atoms with van der Waals surface area (Å²) in [6.45, 7) is 2.66. The van der Waals surface area contributed by atoms with E-state index in [-0.39, 0.29) is 0 Å². The molecule has 0 aliphatic heterocycles. The minimum atomic E-state index is -3.30. The topological polar surface area (TPSA) is 58.2 Å². The highest BCUT2D eigenvalue weighted by molar-refractivity contribution is 7.92. The van der Waals surface area contributed by atoms with Crippen LogP contribution in [-0.2, 0) is 16.6 Å². The normalized spacial score (nSPS) is 11.2. The van der Waals surface area contributed by atoms with Crippen LogP contribution in [0.15, 0.2) is 42.5 Å². The van der Waals surface area contributed by atoms with Gasteiger partial charge in [-0.1, -0.05) is 35.9 Å². The van der Waals surface area contributed by atoms with Gasteiger partial charge in [0, 0.05) is 6.54 Å². The summed E-state index contributed by atoms with van der Waals surface area (Å²) in [7, 11) is -3.30. The number of benzene rings is 2. The van der Waals surface area contributed by atoms with Crippen molar-refractivity contribution in [3.8, 4) is 0 Å². The van der Waals surface area contributed by atoms with Crippen molar-refractivity contribution < 1.29 is 8.42 Å². The lowest BCUT2D eigenvalue weighted by molar-refractivity contribution is 0.607. The molecule has 6 heteroatoms. The van der Waals surface area contributed by atoms with Gasteiger partial charge in [-0.15, -0.1) is 0 Å². The summed E-state index contributed by atoms with van der Waals surface area (Å²) in [5.74, 6) is 0. The molecule has 0 aliphatic rings. The highest BCUT2D eigenvalue weighted by Crippen LogP contribution is 2.26. The van der Waals surface area contributed by atoms with Gasteiger partial charge in [-0.05, 0) is 36.2 Å². The molecule has 21 heavy (non-hydrogen) atoms. The largest absolute Gasteiger partial charge is 0.380 e. The zero-order valence-electron chi connectivity index (χ0n) is 11.9. The van der Waals surface area contributed by atoms with E-state index in [9.17, 15) is 8.42 Å². The van der Waals surface area contributed by atoms with Gasteiger partial charge in [-0.2, -0.15) is 0 Å². The van der Waals surface area contributed by atoms with Gasteiger partial charge in [0.1, 0.15) is 0 Å². The quantitative estimate of drug-likeness (QED) is 0.883. The Morgan fingerprint density at radius 1 is 1.14 bits per heavy atom. The fourth-order valence-corrected chi connectivity index (χ4v) is 2.68. The maximum absolute atomic E-state index is 11.3. The first-order valence-corrected chi connectivity index (χ1v) is 8.68. The number of hydrogen-bond acceptors (Lipinski definition) is 3. The summed E-state index contributed by atoms with van der Waals surface area (Å²) < 4.78 is 24.9. The van der Waals surface area contributed by atoms with Gasteiger partial charge in [0.15, 0.2) is 0 Å². The van der Waals surface area contributed by atoms with Gasteiger partial charge in [-0.25, -0.2) is 8.42 Å². The van der Waals surface area contributed by atoms with Crippen molar-refractivity contribution in [2.24, 2.45) is 0 Å². The van der Waals surface area contributed by atoms with Crippen LogP contribution in [0.3, 0.4) is 0 Å². The fraction of sp³-hybridized carbons (Fsp3) is 0.200. The molecule has 2 aromatic carbocycles. The fourth-order valence-electron chi connectivity index (χ4n) is 1.94. The molecule has 0 aromatic heterocycles. The third-order valence-corrected chi connectivity index (χ3v) is 3.94. The van der Waals surface area contributed by atoms with Crippen LogP contribution in [0.2, 0.25) is 5.02 Å². The van der Waals surface area contributed by atoms with E-state index < -0.39 is 10.0 Å². The number of aryl methyl sites for hydroxylation is 1. The maximum Gasteiger partial charge on any atom is 0.229 e. The van der Waals surface area contributed by atoms with Gasteiger partial charge < -0.3 is 5.32 Å². The van der Waals surface area contributed by atoms with Crippen LogP contribution >= 0.6 is 11.6 Å². The molecule has 112 valence electrons. The van der Waals surface area contributed by atoms with E-state index in [1.165, 1.54) is 5.56 Å². The highest BCUT2D eigenvalue weighted by Gasteiger charge is 2.06. The number of sulfonamides is 1. The predicted molar refractivity (Wildman–Crippen MR) is 88.4 cm³/mol. The molecular weight excluding hydrogens is 308 g/mol. The zero-order valence-corrected chi connectivity index (χ0v) is 13.4. The number of nitrogens with one attached hydrogen (secondary N) is 2. The summed E-state index contributed by atoms with van der Waals surface area (Å²) in [5.41, 5.74) is 3.52. The van der Waals surface area contributed by atoms with Crippen molar-refractivity contribution >= 4 is 33.0 Å². The molecule has 0 saturated carbocycles. The van der Waals surface area contributed by atoms with E-state index >= 15 is 0 Å². The SMILES string of the molecule is Cc1ccccc1CNc1cc(NS(C)(=O)=O)ccc1Cl. The third kappa shape index (κ3) is 4.65. The molecule has 0 atom stereocenters. The smallest absolute Gasteiger partial charge is 0.229 e. The Kier molecular flexibility index (Phi) is 4.75. The lowest BCUT2D eigenvalue weighted by atomic mass is 10.1. The summed E-state index contributed by atoms with van der Waals surface area (Å²) >= 11 is 6.13. The van der Waals surface area contributed by atoms with Gasteiger partial charge >= 0.3 is 0 Å². The molecule has 2 aromatic rings. The molecule has 4 nitrogen and oxygen atoms in total. The Morgan fingerprint density at radius 3 is 2.52 bits per heavy atom. The van der Waals surface area contributed by atoms with Gasteiger partial charge in [0.05, 0.1) is 22.7 Å². The first-order chi connectivity index (χ1) is 9.85. The average molecular weight is 325 g/mol. The number of rotatable bonds is 5. The van der Waals surface area contributed by atoms with Crippen LogP contribution in [0.25, 0.3) is 0 Å². The molecular formula is C15H17ClN2O2S. The molecule has 0 bridgehead atoms. The first kappa shape index (κ1) is 15.7. The summed E-state index contributed by atoms with van der Waals surface area (Å²) in [6.07, 6.45) is 1.11. The lowest BCUT2D eigenvalue weighted by Crippen LogP contribution is -2.10. The molecule has 0 saturated heterocycles. The lowest BCUT2D eigenvalue weighted by Gasteiger charge is -2.12. The molecule has 0 fully saturated rings. The number of halogens is 1. The standard InChI is InChI=1S/C15H17ClN2O2S/c1-11-5-3-4-6-12(11)10-17-15-9-13(7-8-14(15)16)18-21(2,19)20/h3-9,17-18H,10H2,1-2H3. The number of anilines is 2. The Labute approximate surface area is 130 Å². The average Bonchev–Trinajstić information content (AvgIpc) is 2.39. The van der Waals surface area contributed by atoms with Crippen LogP contribution in [0.4, 0.5) is 11.4 Å². The molecule has 2 rings (SSSR count). The van der Waals surface area contributed by atoms with Gasteiger partial charge in [-0.3, -0.25) is 4.72 Å². The zero-order chi connectivity index (χ0) is 15.5. The Hall–Kier alpha value is -1.72. The van der Waals surface area contributed by atoms with Crippen LogP contribution < -0.4 is 10.0 Å². The maximum atomic E-state index is 11.3. The Balaban J connectivity index is 2.16. The minimum absolute atomic E-state index is 0.481. The van der Waals surface area contributed by atoms with Crippen molar-refractivity contribution in [2.75, 3.05) is 16.3 Å². The second-order valence-electron chi connectivity index (χ2n) is 4.85. The van der Waals surface area contributed by atoms with Crippen LogP contribution in [0.5, 0.6) is 0 Å². The molecule has 0 heterocycles. The van der Waals surface area contributed by atoms with Gasteiger partial charge in [0.25, 0.3) is 0 Å². The predicted octanol–water partition coefficient (Wildman–Crippen LogP) is 3.63. The third-order valence-electron chi connectivity index (χ3n) is 3.00. The van der Waals surface area contributed by atoms with Crippen molar-refractivity contribution in [1.82, 2.24) is 0 Å². The van der Waals surface area contributed by atoms with Crippen molar-refractivity contribution in [3.05, 3.63) is 58.6 Å². The van der Waals surface area contributed by atoms with E-state index in [2.05, 4.69) is 10.0 Å². The van der Waals surface area contributed by atoms with Crippen molar-refractivity contribution in [3.63, 3.8) is 0 Å². The van der Waals surface area contributed by atoms with E-state index in [1.54, 1.807) is 18.2 Å². The van der Waals surface area contributed by atoms with Crippen LogP contribution in [0, 0.1) is 6.92 Å². The summed E-state index contributed by atoms with van der Waals surface area (Å²) in [5, 5.41) is 3.77. The minimum Gasteiger partial charge on any atom is -0.380 e. The van der Waals surface area contributed by atoms with Crippen molar-refractivity contribution in [2.45, 2.75) is 13.5 Å². The summed E-state index contributed by atoms with van der Waals surface area (Å²) in [6, 6.07) is 13.0. The van der Waals surface area contributed by atoms with Crippen LogP contribution in [0.1, 0.15) is 11.1 Å². The molecule has 0 amide bonds.